The van der Waals surface area contributed by atoms with E-state index < -0.39 is 14.1 Å². The molecule has 152 valence electrons. The first-order chi connectivity index (χ1) is 15.8. The van der Waals surface area contributed by atoms with Crippen LogP contribution in [0.1, 0.15) is 27.5 Å². The molecule has 0 saturated carbocycles. The number of hydrogen-bond donors (Lipinski definition) is 2. The van der Waals surface area contributed by atoms with Crippen molar-refractivity contribution in [2.45, 2.75) is 25.4 Å². The molecule has 28 heavy (non-hydrogen) atoms. The van der Waals surface area contributed by atoms with Crippen molar-refractivity contribution < 1.29 is 27.2 Å². The minimum Gasteiger partial charge on any atom is -0.493 e. The SMILES string of the molecule is [2H]C([2H])([2H])Oc1cc2nc(N(C)CCCNC(=O)C3CCCO3)nc(N)c2cc1OC([2H])([2H])[2H]. The van der Waals surface area contributed by atoms with Gasteiger partial charge < -0.3 is 30.2 Å². The Morgan fingerprint density at radius 3 is 2.89 bits per heavy atom. The van der Waals surface area contributed by atoms with Crippen LogP contribution in [-0.2, 0) is 9.53 Å². The van der Waals surface area contributed by atoms with Gasteiger partial charge in [-0.15, -0.1) is 0 Å². The number of nitrogens with two attached hydrogens (primary N) is 1. The van der Waals surface area contributed by atoms with Gasteiger partial charge in [0.05, 0.1) is 27.8 Å². The molecule has 1 aliphatic heterocycles. The number of amides is 1. The molecule has 9 heteroatoms. The van der Waals surface area contributed by atoms with E-state index in [9.17, 15) is 4.79 Å². The number of anilines is 2. The maximum Gasteiger partial charge on any atom is 0.249 e. The average Bonchev–Trinajstić information content (AvgIpc) is 3.24. The molecule has 1 aromatic heterocycles. The molecule has 2 heterocycles. The number of carbonyl (C=O) groups excluding carboxylic acids is 1. The summed E-state index contributed by atoms with van der Waals surface area (Å²) in [5.74, 6) is -0.438. The number of hydrogen-bond acceptors (Lipinski definition) is 8. The van der Waals surface area contributed by atoms with Crippen molar-refractivity contribution >= 4 is 28.6 Å². The fourth-order valence-electron chi connectivity index (χ4n) is 3.00. The second-order valence-corrected chi connectivity index (χ2v) is 6.50. The molecular weight excluding hydrogens is 362 g/mol. The molecule has 1 unspecified atom stereocenters. The van der Waals surface area contributed by atoms with Crippen molar-refractivity contribution in [1.82, 2.24) is 15.3 Å². The lowest BCUT2D eigenvalue weighted by Crippen LogP contribution is -2.36. The number of nitrogen functional groups attached to an aromatic ring is 1. The van der Waals surface area contributed by atoms with Crippen molar-refractivity contribution in [2.75, 3.05) is 51.5 Å². The Kier molecular flexibility index (Phi) is 4.26. The summed E-state index contributed by atoms with van der Waals surface area (Å²) in [4.78, 5) is 22.4. The molecule has 3 N–H and O–H groups in total. The summed E-state index contributed by atoms with van der Waals surface area (Å²) in [6, 6.07) is 2.49. The first kappa shape index (κ1) is 13.4. The molecule has 0 spiro atoms. The molecule has 1 aliphatic rings. The minimum absolute atomic E-state index is 0.0503. The highest BCUT2D eigenvalue weighted by Crippen LogP contribution is 2.33. The molecule has 9 nitrogen and oxygen atoms in total. The number of methoxy groups -OCH3 is 2. The largest absolute Gasteiger partial charge is 0.493 e. The molecule has 0 radical (unpaired) electrons. The average molecular weight is 395 g/mol. The first-order valence-electron chi connectivity index (χ1n) is 11.9. The van der Waals surface area contributed by atoms with E-state index in [2.05, 4.69) is 15.3 Å². The summed E-state index contributed by atoms with van der Waals surface area (Å²) in [5.41, 5.74) is 6.32. The van der Waals surface area contributed by atoms with Gasteiger partial charge >= 0.3 is 0 Å². The third kappa shape index (κ3) is 4.36. The topological polar surface area (TPSA) is 112 Å². The van der Waals surface area contributed by atoms with Crippen molar-refractivity contribution in [3.63, 3.8) is 0 Å². The molecule has 1 amide bonds. The smallest absolute Gasteiger partial charge is 0.249 e. The summed E-state index contributed by atoms with van der Waals surface area (Å²) in [6.45, 7) is 1.54. The Hall–Kier alpha value is -2.81. The molecule has 3 rings (SSSR count). The van der Waals surface area contributed by atoms with Gasteiger partial charge in [0.2, 0.25) is 11.9 Å². The van der Waals surface area contributed by atoms with Gasteiger partial charge in [-0.2, -0.15) is 4.98 Å². The predicted octanol–water partition coefficient (Wildman–Crippen LogP) is 1.35. The standard InChI is InChI=1S/C19H27N5O4/c1-24(8-5-7-21-18(25)14-6-4-9-28-14)19-22-13-11-16(27-3)15(26-2)10-12(13)17(20)23-19/h10-11,14H,4-9H2,1-3H3,(H,21,25)(H2,20,22,23)/i2D3,3D3. The van der Waals surface area contributed by atoms with Gasteiger partial charge in [-0.25, -0.2) is 4.98 Å². The number of nitrogens with one attached hydrogen (secondary N) is 1. The van der Waals surface area contributed by atoms with Crippen molar-refractivity contribution in [2.24, 2.45) is 0 Å². The summed E-state index contributed by atoms with van der Waals surface area (Å²) >= 11 is 0. The van der Waals surface area contributed by atoms with E-state index in [1.807, 2.05) is 0 Å². The van der Waals surface area contributed by atoms with Gasteiger partial charge in [-0.3, -0.25) is 4.79 Å². The van der Waals surface area contributed by atoms with Crippen LogP contribution >= 0.6 is 0 Å². The van der Waals surface area contributed by atoms with Crippen LogP contribution in [0, 0.1) is 0 Å². The molecule has 1 atom stereocenters. The van der Waals surface area contributed by atoms with Crippen molar-refractivity contribution in [1.29, 1.82) is 0 Å². The van der Waals surface area contributed by atoms with E-state index in [0.29, 0.717) is 26.1 Å². The number of nitrogens with zero attached hydrogens (tertiary/aromatic N) is 3. The third-order valence-corrected chi connectivity index (χ3v) is 4.53. The maximum atomic E-state index is 12.0. The fraction of sp³-hybridized carbons (Fsp3) is 0.526. The highest BCUT2D eigenvalue weighted by molar-refractivity contribution is 5.91. The molecule has 0 aliphatic carbocycles. The van der Waals surface area contributed by atoms with E-state index >= 15 is 0 Å². The van der Waals surface area contributed by atoms with Gasteiger partial charge in [0.15, 0.2) is 11.5 Å². The molecule has 2 aromatic rings. The minimum atomic E-state index is -2.84. The Bertz CT molecular complexity index is 1030. The second kappa shape index (κ2) is 8.92. The quantitative estimate of drug-likeness (QED) is 0.644. The van der Waals surface area contributed by atoms with E-state index in [1.165, 1.54) is 12.1 Å². The van der Waals surface area contributed by atoms with E-state index in [-0.39, 0.29) is 46.2 Å². The van der Waals surface area contributed by atoms with Crippen LogP contribution in [0.15, 0.2) is 12.1 Å². The highest BCUT2D eigenvalue weighted by Gasteiger charge is 2.22. The maximum absolute atomic E-state index is 12.0. The van der Waals surface area contributed by atoms with E-state index in [4.69, 9.17) is 28.2 Å². The molecule has 1 fully saturated rings. The number of rotatable bonds is 8. The Labute approximate surface area is 172 Å². The number of fused-ring (bicyclic) bond motifs is 1. The molecule has 0 bridgehead atoms. The summed E-state index contributed by atoms with van der Waals surface area (Å²) in [7, 11) is -3.93. The van der Waals surface area contributed by atoms with Crippen molar-refractivity contribution in [3.8, 4) is 11.5 Å². The Balaban J connectivity index is 1.75. The molecule has 1 saturated heterocycles. The van der Waals surface area contributed by atoms with Gasteiger partial charge in [0, 0.05) is 38.2 Å². The highest BCUT2D eigenvalue weighted by atomic mass is 16.5. The molecule has 1 aromatic carbocycles. The van der Waals surface area contributed by atoms with Gasteiger partial charge in [-0.05, 0) is 25.3 Å². The number of aromatic nitrogens is 2. The van der Waals surface area contributed by atoms with Crippen LogP contribution in [0.25, 0.3) is 10.9 Å². The number of ether oxygens (including phenoxy) is 3. The zero-order valence-electron chi connectivity index (χ0n) is 21.5. The zero-order chi connectivity index (χ0) is 25.1. The zero-order valence-corrected chi connectivity index (χ0v) is 15.5. The number of carbonyl (C=O) groups is 1. The Morgan fingerprint density at radius 1 is 1.39 bits per heavy atom. The van der Waals surface area contributed by atoms with Gasteiger partial charge in [-0.1, -0.05) is 0 Å². The summed E-state index contributed by atoms with van der Waals surface area (Å²) < 4.78 is 59.2. The van der Waals surface area contributed by atoms with E-state index in [1.54, 1.807) is 11.9 Å². The van der Waals surface area contributed by atoms with Crippen LogP contribution in [-0.4, -0.2) is 62.8 Å². The van der Waals surface area contributed by atoms with Crippen molar-refractivity contribution in [3.05, 3.63) is 12.1 Å². The molecular formula is C19H27N5O4. The lowest BCUT2D eigenvalue weighted by molar-refractivity contribution is -0.130. The fourth-order valence-corrected chi connectivity index (χ4v) is 3.00. The number of benzene rings is 1. The normalized spacial score (nSPS) is 20.2. The van der Waals surface area contributed by atoms with Crippen LogP contribution < -0.4 is 25.4 Å². The van der Waals surface area contributed by atoms with Gasteiger partial charge in [0.1, 0.15) is 11.9 Å². The summed E-state index contributed by atoms with van der Waals surface area (Å²) in [5, 5.41) is 3.12. The lowest BCUT2D eigenvalue weighted by Gasteiger charge is -2.19. The third-order valence-electron chi connectivity index (χ3n) is 4.53. The predicted molar refractivity (Wildman–Crippen MR) is 107 cm³/mol. The van der Waals surface area contributed by atoms with Crippen LogP contribution in [0.2, 0.25) is 0 Å². The second-order valence-electron chi connectivity index (χ2n) is 6.50. The lowest BCUT2D eigenvalue weighted by atomic mass is 10.2. The van der Waals surface area contributed by atoms with E-state index in [0.717, 1.165) is 12.8 Å². The summed E-state index contributed by atoms with van der Waals surface area (Å²) in [6.07, 6.45) is 1.83. The van der Waals surface area contributed by atoms with Crippen LogP contribution in [0.3, 0.4) is 0 Å². The first-order valence-corrected chi connectivity index (χ1v) is 8.92. The van der Waals surface area contributed by atoms with Gasteiger partial charge in [0.25, 0.3) is 0 Å². The van der Waals surface area contributed by atoms with Crippen LogP contribution in [0.5, 0.6) is 11.5 Å². The Morgan fingerprint density at radius 2 is 2.18 bits per heavy atom. The monoisotopic (exact) mass is 395 g/mol. The van der Waals surface area contributed by atoms with Crippen LogP contribution in [0.4, 0.5) is 11.8 Å².